The van der Waals surface area contributed by atoms with Crippen LogP contribution in [0, 0.1) is 0 Å². The second-order valence-corrected chi connectivity index (χ2v) is 8.83. The molecule has 1 aliphatic heterocycles. The summed E-state index contributed by atoms with van der Waals surface area (Å²) in [5, 5.41) is 3.26. The molecule has 0 aliphatic carbocycles. The van der Waals surface area contributed by atoms with E-state index in [9.17, 15) is 13.2 Å². The van der Waals surface area contributed by atoms with Crippen LogP contribution >= 0.6 is 11.6 Å². The number of pyridine rings is 1. The molecule has 0 saturated carbocycles. The van der Waals surface area contributed by atoms with Crippen molar-refractivity contribution in [2.24, 2.45) is 10.7 Å². The van der Waals surface area contributed by atoms with Gasteiger partial charge in [0.25, 0.3) is 5.91 Å². The number of rotatable bonds is 3. The van der Waals surface area contributed by atoms with E-state index in [4.69, 9.17) is 17.3 Å². The maximum Gasteiger partial charge on any atom is 0.255 e. The Morgan fingerprint density at radius 1 is 1.30 bits per heavy atom. The van der Waals surface area contributed by atoms with E-state index in [1.54, 1.807) is 37.3 Å². The average Bonchev–Trinajstić information content (AvgIpc) is 2.60. The first-order valence-electron chi connectivity index (χ1n) is 7.95. The van der Waals surface area contributed by atoms with Crippen molar-refractivity contribution in [3.63, 3.8) is 0 Å². The highest BCUT2D eigenvalue weighted by molar-refractivity contribution is 7.89. The number of aromatic nitrogens is 1. The van der Waals surface area contributed by atoms with Crippen molar-refractivity contribution in [3.05, 3.63) is 58.9 Å². The topological polar surface area (TPSA) is 118 Å². The number of anilines is 1. The third kappa shape index (κ3) is 3.88. The molecule has 1 aliphatic rings. The predicted octanol–water partition coefficient (Wildman–Crippen LogP) is 1.79. The Bertz CT molecular complexity index is 1020. The molecule has 1 aromatic heterocycles. The highest BCUT2D eigenvalue weighted by atomic mass is 35.5. The molecule has 0 bridgehead atoms. The molecular formula is C17H18ClN5O3S. The van der Waals surface area contributed by atoms with Crippen LogP contribution in [0.15, 0.2) is 47.7 Å². The van der Waals surface area contributed by atoms with E-state index < -0.39 is 15.6 Å². The standard InChI is InChI=1S/C17H18ClN5O3S/c1-17(10-27(25,26)23(2)16(19)22-17)12-7-14(9-20-8-12)21-15(24)11-3-5-13(18)6-4-11/h3-9H,10H2,1-2H3,(H2,19,22)(H,21,24)/t17-/m0/s1. The van der Waals surface area contributed by atoms with Gasteiger partial charge in [-0.1, -0.05) is 11.6 Å². The number of halogens is 1. The Hall–Kier alpha value is -2.65. The second-order valence-electron chi connectivity index (χ2n) is 6.39. The van der Waals surface area contributed by atoms with E-state index in [1.165, 1.54) is 19.4 Å². The first-order valence-corrected chi connectivity index (χ1v) is 9.94. The van der Waals surface area contributed by atoms with Gasteiger partial charge in [0.2, 0.25) is 16.0 Å². The largest absolute Gasteiger partial charge is 0.369 e. The molecule has 0 fully saturated rings. The van der Waals surface area contributed by atoms with Crippen molar-refractivity contribution in [1.29, 1.82) is 0 Å². The molecule has 27 heavy (non-hydrogen) atoms. The summed E-state index contributed by atoms with van der Waals surface area (Å²) < 4.78 is 25.6. The van der Waals surface area contributed by atoms with Crippen molar-refractivity contribution in [1.82, 2.24) is 9.29 Å². The number of nitrogens with two attached hydrogens (primary N) is 1. The van der Waals surface area contributed by atoms with Crippen LogP contribution in [-0.2, 0) is 15.6 Å². The van der Waals surface area contributed by atoms with Gasteiger partial charge in [0, 0.05) is 29.4 Å². The van der Waals surface area contributed by atoms with Gasteiger partial charge in [-0.15, -0.1) is 0 Å². The molecule has 3 N–H and O–H groups in total. The number of carbonyl (C=O) groups is 1. The molecule has 1 amide bonds. The highest BCUT2D eigenvalue weighted by Crippen LogP contribution is 2.32. The molecule has 0 saturated heterocycles. The average molecular weight is 408 g/mol. The van der Waals surface area contributed by atoms with Crippen molar-refractivity contribution in [3.8, 4) is 0 Å². The van der Waals surface area contributed by atoms with Crippen molar-refractivity contribution in [2.45, 2.75) is 12.5 Å². The fourth-order valence-corrected chi connectivity index (χ4v) is 4.29. The number of benzene rings is 1. The third-order valence-corrected chi connectivity index (χ3v) is 6.49. The van der Waals surface area contributed by atoms with E-state index in [0.29, 0.717) is 21.8 Å². The Balaban J connectivity index is 1.89. The minimum atomic E-state index is -3.60. The zero-order chi connectivity index (χ0) is 19.8. The normalized spacial score (nSPS) is 21.4. The first kappa shape index (κ1) is 19.1. The number of aliphatic imine (C=N–C) groups is 1. The highest BCUT2D eigenvalue weighted by Gasteiger charge is 2.40. The fourth-order valence-electron chi connectivity index (χ4n) is 2.71. The Morgan fingerprint density at radius 3 is 2.59 bits per heavy atom. The van der Waals surface area contributed by atoms with Gasteiger partial charge in [0.1, 0.15) is 5.54 Å². The first-order chi connectivity index (χ1) is 12.6. The predicted molar refractivity (Wildman–Crippen MR) is 104 cm³/mol. The summed E-state index contributed by atoms with van der Waals surface area (Å²) >= 11 is 5.83. The molecule has 8 nitrogen and oxygen atoms in total. The smallest absolute Gasteiger partial charge is 0.255 e. The lowest BCUT2D eigenvalue weighted by atomic mass is 9.96. The van der Waals surface area contributed by atoms with Gasteiger partial charge in [0.15, 0.2) is 0 Å². The van der Waals surface area contributed by atoms with Gasteiger partial charge >= 0.3 is 0 Å². The lowest BCUT2D eigenvalue weighted by molar-refractivity contribution is 0.102. The number of hydrogen-bond acceptors (Lipinski definition) is 6. The van der Waals surface area contributed by atoms with Gasteiger partial charge < -0.3 is 11.1 Å². The number of nitrogens with zero attached hydrogens (tertiary/aromatic N) is 3. The van der Waals surface area contributed by atoms with E-state index in [-0.39, 0.29) is 17.6 Å². The molecule has 10 heteroatoms. The van der Waals surface area contributed by atoms with Crippen LogP contribution in [-0.4, -0.2) is 42.4 Å². The maximum atomic E-state index is 12.4. The summed E-state index contributed by atoms with van der Waals surface area (Å²) in [5.74, 6) is -0.692. The van der Waals surface area contributed by atoms with Gasteiger partial charge in [-0.25, -0.2) is 17.7 Å². The molecule has 142 valence electrons. The number of amides is 1. The maximum absolute atomic E-state index is 12.4. The van der Waals surface area contributed by atoms with Crippen LogP contribution < -0.4 is 11.1 Å². The fraction of sp³-hybridized carbons (Fsp3) is 0.235. The molecule has 2 aromatic rings. The Kier molecular flexibility index (Phi) is 4.83. The molecule has 2 heterocycles. The van der Waals surface area contributed by atoms with Crippen LogP contribution in [0.5, 0.6) is 0 Å². The quantitative estimate of drug-likeness (QED) is 0.804. The molecule has 3 rings (SSSR count). The van der Waals surface area contributed by atoms with E-state index in [1.807, 2.05) is 0 Å². The molecule has 1 atom stereocenters. The minimum absolute atomic E-state index is 0.0978. The van der Waals surface area contributed by atoms with Crippen molar-refractivity contribution >= 4 is 39.2 Å². The van der Waals surface area contributed by atoms with Gasteiger partial charge in [-0.05, 0) is 37.3 Å². The summed E-state index contributed by atoms with van der Waals surface area (Å²) in [7, 11) is -2.24. The number of nitrogens with one attached hydrogen (secondary N) is 1. The second kappa shape index (κ2) is 6.82. The number of guanidine groups is 1. The van der Waals surface area contributed by atoms with E-state index in [2.05, 4.69) is 15.3 Å². The molecule has 0 radical (unpaired) electrons. The number of carbonyl (C=O) groups excluding carboxylic acids is 1. The van der Waals surface area contributed by atoms with E-state index >= 15 is 0 Å². The van der Waals surface area contributed by atoms with Gasteiger partial charge in [0.05, 0.1) is 17.6 Å². The summed E-state index contributed by atoms with van der Waals surface area (Å²) in [6.07, 6.45) is 2.98. The summed E-state index contributed by atoms with van der Waals surface area (Å²) in [6, 6.07) is 8.08. The number of hydrogen-bond donors (Lipinski definition) is 2. The number of sulfonamides is 1. The summed E-state index contributed by atoms with van der Waals surface area (Å²) in [4.78, 5) is 20.8. The molecular weight excluding hydrogens is 390 g/mol. The summed E-state index contributed by atoms with van der Waals surface area (Å²) in [5.41, 5.74) is 6.03. The lowest BCUT2D eigenvalue weighted by Crippen LogP contribution is -2.50. The summed E-state index contributed by atoms with van der Waals surface area (Å²) in [6.45, 7) is 1.66. The van der Waals surface area contributed by atoms with Crippen molar-refractivity contribution in [2.75, 3.05) is 18.1 Å². The van der Waals surface area contributed by atoms with Crippen LogP contribution in [0.1, 0.15) is 22.8 Å². The Morgan fingerprint density at radius 2 is 1.96 bits per heavy atom. The van der Waals surface area contributed by atoms with Gasteiger partial charge in [-0.3, -0.25) is 9.78 Å². The minimum Gasteiger partial charge on any atom is -0.369 e. The zero-order valence-corrected chi connectivity index (χ0v) is 16.3. The SMILES string of the molecule is CN1C(N)=N[C@](C)(c2cncc(NC(=O)c3ccc(Cl)cc3)c2)CS1(=O)=O. The van der Waals surface area contributed by atoms with E-state index in [0.717, 1.165) is 4.31 Å². The van der Waals surface area contributed by atoms with Crippen LogP contribution in [0.3, 0.4) is 0 Å². The zero-order valence-electron chi connectivity index (χ0n) is 14.7. The monoisotopic (exact) mass is 407 g/mol. The molecule has 0 unspecified atom stereocenters. The van der Waals surface area contributed by atoms with Crippen LogP contribution in [0.2, 0.25) is 5.02 Å². The Labute approximate surface area is 162 Å². The van der Waals surface area contributed by atoms with Crippen molar-refractivity contribution < 1.29 is 13.2 Å². The molecule has 0 spiro atoms. The molecule has 1 aromatic carbocycles. The third-order valence-electron chi connectivity index (χ3n) is 4.29. The van der Waals surface area contributed by atoms with Crippen LogP contribution in [0.25, 0.3) is 0 Å². The lowest BCUT2D eigenvalue weighted by Gasteiger charge is -2.34. The van der Waals surface area contributed by atoms with Crippen LogP contribution in [0.4, 0.5) is 5.69 Å². The van der Waals surface area contributed by atoms with Gasteiger partial charge in [-0.2, -0.15) is 0 Å².